The van der Waals surface area contributed by atoms with Gasteiger partial charge in [0.1, 0.15) is 16.5 Å². The number of benzene rings is 1. The average molecular weight is 443 g/mol. The predicted molar refractivity (Wildman–Crippen MR) is 130 cm³/mol. The van der Waals surface area contributed by atoms with E-state index in [2.05, 4.69) is 61.6 Å². The van der Waals surface area contributed by atoms with Crippen molar-refractivity contribution in [2.45, 2.75) is 66.0 Å². The monoisotopic (exact) mass is 442 g/mol. The van der Waals surface area contributed by atoms with E-state index in [1.54, 1.807) is 0 Å². The molecule has 0 saturated heterocycles. The highest BCUT2D eigenvalue weighted by Crippen LogP contribution is 2.32. The van der Waals surface area contributed by atoms with Crippen LogP contribution in [0.5, 0.6) is 0 Å². The van der Waals surface area contributed by atoms with Crippen molar-refractivity contribution >= 4 is 28.5 Å². The molecule has 0 unspecified atom stereocenters. The van der Waals surface area contributed by atoms with Gasteiger partial charge in [0.2, 0.25) is 0 Å². The van der Waals surface area contributed by atoms with Gasteiger partial charge in [-0.3, -0.25) is 0 Å². The molecule has 0 aliphatic heterocycles. The van der Waals surface area contributed by atoms with E-state index in [0.29, 0.717) is 18.4 Å². The third kappa shape index (κ3) is 6.68. The van der Waals surface area contributed by atoms with Crippen molar-refractivity contribution in [1.29, 1.82) is 0 Å². The van der Waals surface area contributed by atoms with Gasteiger partial charge in [-0.05, 0) is 37.7 Å². The summed E-state index contributed by atoms with van der Waals surface area (Å²) < 4.78 is 7.94. The van der Waals surface area contributed by atoms with Crippen molar-refractivity contribution in [2.24, 2.45) is 12.5 Å². The van der Waals surface area contributed by atoms with Gasteiger partial charge in [-0.1, -0.05) is 62.7 Å². The lowest BCUT2D eigenvalue weighted by atomic mass is 9.82. The van der Waals surface area contributed by atoms with Gasteiger partial charge in [0.05, 0.1) is 12.1 Å². The van der Waals surface area contributed by atoms with Gasteiger partial charge < -0.3 is 14.6 Å². The fraction of sp³-hybridized carbons (Fsp3) is 0.520. The van der Waals surface area contributed by atoms with E-state index < -0.39 is 0 Å². The van der Waals surface area contributed by atoms with Crippen LogP contribution in [0.25, 0.3) is 11.0 Å². The molecule has 1 aromatic carbocycles. The minimum Gasteiger partial charge on any atom is -0.377 e. The summed E-state index contributed by atoms with van der Waals surface area (Å²) in [4.78, 5) is 9.48. The molecule has 0 aliphatic carbocycles. The molecule has 6 heteroatoms. The third-order valence-electron chi connectivity index (χ3n) is 5.16. The molecule has 0 atom stereocenters. The van der Waals surface area contributed by atoms with E-state index in [1.807, 2.05) is 31.3 Å². The molecule has 0 fully saturated rings. The molecule has 1 N–H and O–H groups in total. The number of aryl methyl sites for hydroxylation is 2. The quantitative estimate of drug-likeness (QED) is 0.307. The SMILES string of the molecule is Cn1c(CCCOCc2ccccc2)nc2c(NC(C)(C)CC(C)(C)C)nc(Cl)cc21. The lowest BCUT2D eigenvalue weighted by Crippen LogP contribution is -2.35. The largest absolute Gasteiger partial charge is 0.377 e. The Labute approximate surface area is 191 Å². The van der Waals surface area contributed by atoms with Gasteiger partial charge in [-0.2, -0.15) is 0 Å². The second-order valence-corrected chi connectivity index (χ2v) is 10.5. The molecule has 0 saturated carbocycles. The number of hydrogen-bond donors (Lipinski definition) is 1. The van der Waals surface area contributed by atoms with Crippen LogP contribution >= 0.6 is 11.6 Å². The number of nitrogens with zero attached hydrogens (tertiary/aromatic N) is 3. The molecule has 31 heavy (non-hydrogen) atoms. The van der Waals surface area contributed by atoms with Crippen molar-refractivity contribution in [3.8, 4) is 0 Å². The van der Waals surface area contributed by atoms with Gasteiger partial charge in [0.25, 0.3) is 0 Å². The molecule has 2 aromatic heterocycles. The van der Waals surface area contributed by atoms with Crippen LogP contribution < -0.4 is 5.32 Å². The molecule has 0 spiro atoms. The highest BCUT2D eigenvalue weighted by atomic mass is 35.5. The van der Waals surface area contributed by atoms with Crippen LogP contribution in [0.1, 0.15) is 58.8 Å². The maximum atomic E-state index is 6.36. The summed E-state index contributed by atoms with van der Waals surface area (Å²) in [5.74, 6) is 1.76. The zero-order valence-corrected chi connectivity index (χ0v) is 20.4. The van der Waals surface area contributed by atoms with Crippen LogP contribution in [0, 0.1) is 5.41 Å². The van der Waals surface area contributed by atoms with Crippen molar-refractivity contribution in [2.75, 3.05) is 11.9 Å². The van der Waals surface area contributed by atoms with Gasteiger partial charge in [-0.25, -0.2) is 9.97 Å². The molecule has 0 amide bonds. The molecular formula is C25H35ClN4O. The summed E-state index contributed by atoms with van der Waals surface area (Å²) in [6.45, 7) is 12.5. The predicted octanol–water partition coefficient (Wildman–Crippen LogP) is 6.40. The average Bonchev–Trinajstić information content (AvgIpc) is 2.96. The summed E-state index contributed by atoms with van der Waals surface area (Å²) in [5, 5.41) is 4.07. The summed E-state index contributed by atoms with van der Waals surface area (Å²) in [6.07, 6.45) is 2.74. The van der Waals surface area contributed by atoms with Crippen LogP contribution in [-0.2, 0) is 24.8 Å². The fourth-order valence-electron chi connectivity index (χ4n) is 4.30. The molecule has 0 radical (unpaired) electrons. The number of aromatic nitrogens is 3. The first-order valence-corrected chi connectivity index (χ1v) is 11.3. The lowest BCUT2D eigenvalue weighted by molar-refractivity contribution is 0.118. The Balaban J connectivity index is 1.69. The number of hydrogen-bond acceptors (Lipinski definition) is 4. The standard InChI is InChI=1S/C25H35ClN4O/c1-24(2,3)17-25(4,5)29-23-22-19(15-20(26)27-23)30(6)21(28-22)13-10-14-31-16-18-11-8-7-9-12-18/h7-9,11-12,15H,10,13-14,16-17H2,1-6H3,(H,27,29). The second kappa shape index (κ2) is 9.58. The van der Waals surface area contributed by atoms with E-state index in [0.717, 1.165) is 41.9 Å². The molecule has 2 heterocycles. The van der Waals surface area contributed by atoms with Gasteiger partial charge in [-0.15, -0.1) is 0 Å². The van der Waals surface area contributed by atoms with Gasteiger partial charge >= 0.3 is 0 Å². The number of nitrogens with one attached hydrogen (secondary N) is 1. The minimum atomic E-state index is -0.133. The number of anilines is 1. The first-order chi connectivity index (χ1) is 14.5. The third-order valence-corrected chi connectivity index (χ3v) is 5.35. The normalized spacial score (nSPS) is 12.5. The molecule has 5 nitrogen and oxygen atoms in total. The van der Waals surface area contributed by atoms with Crippen LogP contribution in [0.3, 0.4) is 0 Å². The number of halogens is 1. The Kier molecular flexibility index (Phi) is 7.28. The Hall–Kier alpha value is -2.11. The number of fused-ring (bicyclic) bond motifs is 1. The zero-order chi connectivity index (χ0) is 22.6. The molecule has 0 bridgehead atoms. The number of ether oxygens (including phenoxy) is 1. The smallest absolute Gasteiger partial charge is 0.156 e. The Morgan fingerprint density at radius 3 is 2.45 bits per heavy atom. The Bertz CT molecular complexity index is 1010. The topological polar surface area (TPSA) is 52.0 Å². The molecule has 3 rings (SSSR count). The molecular weight excluding hydrogens is 408 g/mol. The zero-order valence-electron chi connectivity index (χ0n) is 19.6. The highest BCUT2D eigenvalue weighted by molar-refractivity contribution is 6.30. The lowest BCUT2D eigenvalue weighted by Gasteiger charge is -2.33. The van der Waals surface area contributed by atoms with Crippen LogP contribution in [0.2, 0.25) is 5.15 Å². The van der Waals surface area contributed by atoms with Gasteiger partial charge in [0, 0.05) is 31.7 Å². The Morgan fingerprint density at radius 1 is 1.06 bits per heavy atom. The summed E-state index contributed by atoms with van der Waals surface area (Å²) in [5.41, 5.74) is 3.12. The maximum Gasteiger partial charge on any atom is 0.156 e. The van der Waals surface area contributed by atoms with E-state index in [4.69, 9.17) is 21.3 Å². The van der Waals surface area contributed by atoms with Crippen molar-refractivity contribution in [1.82, 2.24) is 14.5 Å². The van der Waals surface area contributed by atoms with Crippen LogP contribution in [0.4, 0.5) is 5.82 Å². The number of imidazole rings is 1. The van der Waals surface area contributed by atoms with Crippen LogP contribution in [-0.4, -0.2) is 26.7 Å². The number of rotatable bonds is 9. The molecule has 168 valence electrons. The van der Waals surface area contributed by atoms with E-state index >= 15 is 0 Å². The first-order valence-electron chi connectivity index (χ1n) is 11.0. The van der Waals surface area contributed by atoms with Crippen molar-refractivity contribution < 1.29 is 4.74 Å². The minimum absolute atomic E-state index is 0.133. The van der Waals surface area contributed by atoms with Crippen molar-refractivity contribution in [3.05, 3.63) is 52.9 Å². The van der Waals surface area contributed by atoms with E-state index in [-0.39, 0.29) is 11.0 Å². The second-order valence-electron chi connectivity index (χ2n) is 10.1. The maximum absolute atomic E-state index is 6.36. The van der Waals surface area contributed by atoms with Gasteiger partial charge in [0.15, 0.2) is 5.82 Å². The van der Waals surface area contributed by atoms with Crippen molar-refractivity contribution in [3.63, 3.8) is 0 Å². The summed E-state index contributed by atoms with van der Waals surface area (Å²) in [7, 11) is 2.04. The summed E-state index contributed by atoms with van der Waals surface area (Å²) in [6, 6.07) is 12.1. The fourth-order valence-corrected chi connectivity index (χ4v) is 4.49. The molecule has 3 aromatic rings. The number of pyridine rings is 1. The Morgan fingerprint density at radius 2 is 1.77 bits per heavy atom. The highest BCUT2D eigenvalue weighted by Gasteiger charge is 2.27. The van der Waals surface area contributed by atoms with Crippen LogP contribution in [0.15, 0.2) is 36.4 Å². The van der Waals surface area contributed by atoms with E-state index in [9.17, 15) is 0 Å². The molecule has 0 aliphatic rings. The summed E-state index contributed by atoms with van der Waals surface area (Å²) >= 11 is 6.36. The van der Waals surface area contributed by atoms with E-state index in [1.165, 1.54) is 5.56 Å². The first kappa shape index (κ1) is 23.6.